The first-order chi connectivity index (χ1) is 7.25. The normalized spacial score (nSPS) is 15.6. The Morgan fingerprint density at radius 2 is 2.20 bits per heavy atom. The van der Waals surface area contributed by atoms with E-state index in [4.69, 9.17) is 11.6 Å². The lowest BCUT2D eigenvalue weighted by Gasteiger charge is -2.12. The second kappa shape index (κ2) is 3.22. The average molecular weight is 225 g/mol. The minimum absolute atomic E-state index is 0.278. The van der Waals surface area contributed by atoms with Crippen LogP contribution in [0.3, 0.4) is 0 Å². The van der Waals surface area contributed by atoms with Gasteiger partial charge in [-0.1, -0.05) is 11.6 Å². The van der Waals surface area contributed by atoms with E-state index >= 15 is 0 Å². The SMILES string of the molecule is Fc1cc(Cl)c2[nH]c3c(c2c1)CNCC3. The molecule has 15 heavy (non-hydrogen) atoms. The Labute approximate surface area is 91.4 Å². The highest BCUT2D eigenvalue weighted by Gasteiger charge is 2.16. The van der Waals surface area contributed by atoms with E-state index < -0.39 is 0 Å². The summed E-state index contributed by atoms with van der Waals surface area (Å²) >= 11 is 5.99. The van der Waals surface area contributed by atoms with Gasteiger partial charge in [-0.15, -0.1) is 0 Å². The van der Waals surface area contributed by atoms with Crippen molar-refractivity contribution in [3.8, 4) is 0 Å². The molecule has 1 aromatic heterocycles. The summed E-state index contributed by atoms with van der Waals surface area (Å²) in [6.07, 6.45) is 0.946. The van der Waals surface area contributed by atoms with Crippen LogP contribution in [-0.4, -0.2) is 11.5 Å². The van der Waals surface area contributed by atoms with Gasteiger partial charge in [0.1, 0.15) is 5.82 Å². The molecule has 0 saturated heterocycles. The number of halogens is 2. The van der Waals surface area contributed by atoms with E-state index in [9.17, 15) is 4.39 Å². The van der Waals surface area contributed by atoms with Crippen LogP contribution in [0.25, 0.3) is 10.9 Å². The molecular weight excluding hydrogens is 215 g/mol. The fourth-order valence-electron chi connectivity index (χ4n) is 2.17. The highest BCUT2D eigenvalue weighted by molar-refractivity contribution is 6.35. The first-order valence-corrected chi connectivity index (χ1v) is 5.32. The minimum Gasteiger partial charge on any atom is -0.357 e. The Morgan fingerprint density at radius 3 is 3.07 bits per heavy atom. The summed E-state index contributed by atoms with van der Waals surface area (Å²) < 4.78 is 13.2. The zero-order valence-corrected chi connectivity index (χ0v) is 8.79. The standard InChI is InChI=1S/C11H10ClFN2/c12-9-4-6(13)3-7-8-5-14-2-1-10(8)15-11(7)9/h3-4,14-15H,1-2,5H2. The number of benzene rings is 1. The summed E-state index contributed by atoms with van der Waals surface area (Å²) in [4.78, 5) is 3.27. The molecule has 4 heteroatoms. The number of hydrogen-bond donors (Lipinski definition) is 2. The largest absolute Gasteiger partial charge is 0.357 e. The lowest BCUT2D eigenvalue weighted by molar-refractivity contribution is 0.628. The number of hydrogen-bond acceptors (Lipinski definition) is 1. The maximum atomic E-state index is 13.2. The van der Waals surface area contributed by atoms with E-state index in [2.05, 4.69) is 10.3 Å². The van der Waals surface area contributed by atoms with Crippen LogP contribution in [0, 0.1) is 5.82 Å². The lowest BCUT2D eigenvalue weighted by atomic mass is 10.1. The quantitative estimate of drug-likeness (QED) is 0.708. The van der Waals surface area contributed by atoms with Crippen molar-refractivity contribution >= 4 is 22.5 Å². The molecule has 2 N–H and O–H groups in total. The second-order valence-corrected chi connectivity index (χ2v) is 4.23. The van der Waals surface area contributed by atoms with Crippen molar-refractivity contribution in [2.24, 2.45) is 0 Å². The number of nitrogens with one attached hydrogen (secondary N) is 2. The van der Waals surface area contributed by atoms with Crippen molar-refractivity contribution in [2.45, 2.75) is 13.0 Å². The van der Waals surface area contributed by atoms with E-state index in [1.807, 2.05) is 0 Å². The molecule has 0 saturated carbocycles. The predicted molar refractivity (Wildman–Crippen MR) is 58.7 cm³/mol. The maximum absolute atomic E-state index is 13.2. The van der Waals surface area contributed by atoms with Crippen molar-refractivity contribution < 1.29 is 4.39 Å². The van der Waals surface area contributed by atoms with Crippen LogP contribution < -0.4 is 5.32 Å². The molecule has 0 unspecified atom stereocenters. The van der Waals surface area contributed by atoms with E-state index in [0.717, 1.165) is 36.0 Å². The van der Waals surface area contributed by atoms with Gasteiger partial charge in [0.15, 0.2) is 0 Å². The summed E-state index contributed by atoms with van der Waals surface area (Å²) in [5, 5.41) is 4.64. The van der Waals surface area contributed by atoms with Gasteiger partial charge in [0.2, 0.25) is 0 Å². The molecule has 0 bridgehead atoms. The first kappa shape index (κ1) is 9.19. The monoisotopic (exact) mass is 224 g/mol. The minimum atomic E-state index is -0.278. The summed E-state index contributed by atoms with van der Waals surface area (Å²) in [6.45, 7) is 1.75. The lowest BCUT2D eigenvalue weighted by Crippen LogP contribution is -2.22. The summed E-state index contributed by atoms with van der Waals surface area (Å²) in [5.74, 6) is -0.278. The molecule has 0 fully saturated rings. The maximum Gasteiger partial charge on any atom is 0.125 e. The van der Waals surface area contributed by atoms with Gasteiger partial charge in [0.05, 0.1) is 10.5 Å². The Balaban J connectivity index is 2.37. The number of fused-ring (bicyclic) bond motifs is 3. The molecule has 0 aliphatic carbocycles. The molecule has 78 valence electrons. The Bertz CT molecular complexity index is 533. The molecule has 2 heterocycles. The average Bonchev–Trinajstić information content (AvgIpc) is 2.57. The number of H-pyrrole nitrogens is 1. The van der Waals surface area contributed by atoms with Crippen LogP contribution in [-0.2, 0) is 13.0 Å². The molecule has 0 spiro atoms. The second-order valence-electron chi connectivity index (χ2n) is 3.82. The van der Waals surface area contributed by atoms with Crippen LogP contribution in [0.2, 0.25) is 5.02 Å². The molecule has 3 rings (SSSR count). The molecular formula is C11H10ClFN2. The molecule has 1 aliphatic rings. The fourth-order valence-corrected chi connectivity index (χ4v) is 2.42. The van der Waals surface area contributed by atoms with Gasteiger partial charge in [0, 0.05) is 30.6 Å². The fraction of sp³-hybridized carbons (Fsp3) is 0.273. The van der Waals surface area contributed by atoms with E-state index in [1.165, 1.54) is 11.8 Å². The number of aromatic nitrogens is 1. The molecule has 2 nitrogen and oxygen atoms in total. The third-order valence-electron chi connectivity index (χ3n) is 2.87. The van der Waals surface area contributed by atoms with Gasteiger partial charge in [0.25, 0.3) is 0 Å². The zero-order chi connectivity index (χ0) is 10.4. The number of aromatic amines is 1. The van der Waals surface area contributed by atoms with E-state index in [1.54, 1.807) is 6.07 Å². The smallest absolute Gasteiger partial charge is 0.125 e. The first-order valence-electron chi connectivity index (χ1n) is 4.95. The van der Waals surface area contributed by atoms with Gasteiger partial charge in [-0.3, -0.25) is 0 Å². The molecule has 0 radical (unpaired) electrons. The highest BCUT2D eigenvalue weighted by atomic mass is 35.5. The van der Waals surface area contributed by atoms with Crippen LogP contribution >= 0.6 is 11.6 Å². The van der Waals surface area contributed by atoms with Crippen molar-refractivity contribution in [3.05, 3.63) is 34.2 Å². The van der Waals surface area contributed by atoms with E-state index in [0.29, 0.717) is 5.02 Å². The van der Waals surface area contributed by atoms with Gasteiger partial charge in [-0.05, 0) is 17.7 Å². The summed E-state index contributed by atoms with van der Waals surface area (Å²) in [6, 6.07) is 2.89. The highest BCUT2D eigenvalue weighted by Crippen LogP contribution is 2.30. The molecule has 2 aromatic rings. The molecule has 1 aliphatic heterocycles. The molecule has 0 amide bonds. The zero-order valence-electron chi connectivity index (χ0n) is 8.03. The third-order valence-corrected chi connectivity index (χ3v) is 3.17. The summed E-state index contributed by atoms with van der Waals surface area (Å²) in [5.41, 5.74) is 3.18. The molecule has 0 atom stereocenters. The Morgan fingerprint density at radius 1 is 1.33 bits per heavy atom. The van der Waals surface area contributed by atoms with E-state index in [-0.39, 0.29) is 5.82 Å². The van der Waals surface area contributed by atoms with Gasteiger partial charge >= 0.3 is 0 Å². The third kappa shape index (κ3) is 1.34. The Hall–Kier alpha value is -1.06. The van der Waals surface area contributed by atoms with Crippen LogP contribution in [0.4, 0.5) is 4.39 Å². The van der Waals surface area contributed by atoms with Gasteiger partial charge in [-0.2, -0.15) is 0 Å². The van der Waals surface area contributed by atoms with Gasteiger partial charge < -0.3 is 10.3 Å². The Kier molecular flexibility index (Phi) is 1.97. The summed E-state index contributed by atoms with van der Waals surface area (Å²) in [7, 11) is 0. The van der Waals surface area contributed by atoms with Crippen molar-refractivity contribution in [1.82, 2.24) is 10.3 Å². The topological polar surface area (TPSA) is 27.8 Å². The van der Waals surface area contributed by atoms with Crippen LogP contribution in [0.15, 0.2) is 12.1 Å². The van der Waals surface area contributed by atoms with Gasteiger partial charge in [-0.25, -0.2) is 4.39 Å². The molecule has 1 aromatic carbocycles. The van der Waals surface area contributed by atoms with Crippen LogP contribution in [0.5, 0.6) is 0 Å². The predicted octanol–water partition coefficient (Wildman–Crippen LogP) is 2.61. The van der Waals surface area contributed by atoms with Crippen molar-refractivity contribution in [1.29, 1.82) is 0 Å². The van der Waals surface area contributed by atoms with Crippen LogP contribution in [0.1, 0.15) is 11.3 Å². The van der Waals surface area contributed by atoms with Crippen molar-refractivity contribution in [2.75, 3.05) is 6.54 Å². The number of rotatable bonds is 0. The van der Waals surface area contributed by atoms with Crippen molar-refractivity contribution in [3.63, 3.8) is 0 Å².